The Morgan fingerprint density at radius 1 is 1.36 bits per heavy atom. The smallest absolute Gasteiger partial charge is 0.392 e. The van der Waals surface area contributed by atoms with Crippen molar-refractivity contribution in [2.45, 2.75) is 12.5 Å². The van der Waals surface area contributed by atoms with E-state index in [0.29, 0.717) is 0 Å². The van der Waals surface area contributed by atoms with E-state index in [-0.39, 0.29) is 6.10 Å². The fourth-order valence-corrected chi connectivity index (χ4v) is 0.639. The summed E-state index contributed by atoms with van der Waals surface area (Å²) in [5.74, 6) is 0. The van der Waals surface area contributed by atoms with Crippen LogP contribution in [0.3, 0.4) is 0 Å². The van der Waals surface area contributed by atoms with Gasteiger partial charge in [-0.1, -0.05) is 0 Å². The molecule has 1 atom stereocenters. The summed E-state index contributed by atoms with van der Waals surface area (Å²) in [5.41, 5.74) is 0. The lowest BCUT2D eigenvalue weighted by atomic mass is 10.3. The first-order valence-electron chi connectivity index (χ1n) is 2.98. The lowest BCUT2D eigenvalue weighted by Crippen LogP contribution is -2.11. The van der Waals surface area contributed by atoms with Crippen LogP contribution in [-0.2, 0) is 10.4 Å². The Morgan fingerprint density at radius 2 is 1.82 bits per heavy atom. The molecular weight excluding hydrogens is 174 g/mol. The fourth-order valence-electron chi connectivity index (χ4n) is 0.639. The molecule has 6 nitrogen and oxygen atoms in total. The van der Waals surface area contributed by atoms with Gasteiger partial charge in [-0.3, -0.25) is 9.11 Å². The van der Waals surface area contributed by atoms with Gasteiger partial charge in [0.15, 0.2) is 0 Å². The molecule has 0 bridgehead atoms. The molecule has 0 aromatic heterocycles. The predicted octanol–water partition coefficient (Wildman–Crippen LogP) is -1.31. The zero-order valence-electron chi connectivity index (χ0n) is 5.77. The Bertz CT molecular complexity index is 175. The summed E-state index contributed by atoms with van der Waals surface area (Å²) in [6, 6.07) is 0. The van der Waals surface area contributed by atoms with Crippen molar-refractivity contribution in [2.24, 2.45) is 0 Å². The predicted molar refractivity (Wildman–Crippen MR) is 37.7 cm³/mol. The zero-order valence-corrected chi connectivity index (χ0v) is 6.58. The molecule has 0 aliphatic carbocycles. The molecule has 1 aliphatic rings. The molecule has 1 fully saturated rings. The number of β-amino-alcohol motifs (C(OH)–C–C–N with tert-alkyl or cyclic N) is 1. The van der Waals surface area contributed by atoms with Crippen molar-refractivity contribution in [1.82, 2.24) is 5.32 Å². The van der Waals surface area contributed by atoms with Gasteiger partial charge in [-0.25, -0.2) is 0 Å². The Hall–Kier alpha value is -0.210. The van der Waals surface area contributed by atoms with E-state index in [0.717, 1.165) is 19.5 Å². The number of rotatable bonds is 0. The highest BCUT2D eigenvalue weighted by molar-refractivity contribution is 7.79. The minimum Gasteiger partial charge on any atom is -0.392 e. The molecule has 7 heteroatoms. The van der Waals surface area contributed by atoms with Crippen LogP contribution in [0.5, 0.6) is 0 Å². The highest BCUT2D eigenvalue weighted by Gasteiger charge is 2.08. The van der Waals surface area contributed by atoms with Gasteiger partial charge in [0.1, 0.15) is 0 Å². The van der Waals surface area contributed by atoms with E-state index in [1.165, 1.54) is 0 Å². The van der Waals surface area contributed by atoms with E-state index >= 15 is 0 Å². The molecule has 0 aromatic carbocycles. The van der Waals surface area contributed by atoms with Crippen LogP contribution in [0, 0.1) is 0 Å². The molecule has 1 saturated heterocycles. The van der Waals surface area contributed by atoms with E-state index in [9.17, 15) is 0 Å². The Morgan fingerprint density at radius 3 is 1.91 bits per heavy atom. The van der Waals surface area contributed by atoms with Crippen LogP contribution in [0.25, 0.3) is 0 Å². The summed E-state index contributed by atoms with van der Waals surface area (Å²) >= 11 is 0. The van der Waals surface area contributed by atoms with Gasteiger partial charge >= 0.3 is 10.4 Å². The van der Waals surface area contributed by atoms with E-state index in [4.69, 9.17) is 22.6 Å². The van der Waals surface area contributed by atoms with E-state index in [1.54, 1.807) is 0 Å². The molecule has 0 amide bonds. The molecule has 0 spiro atoms. The summed E-state index contributed by atoms with van der Waals surface area (Å²) in [6.07, 6.45) is 0.866. The molecule has 0 saturated carbocycles. The molecule has 1 aliphatic heterocycles. The first kappa shape index (κ1) is 10.8. The normalized spacial score (nSPS) is 24.1. The van der Waals surface area contributed by atoms with Crippen molar-refractivity contribution in [3.63, 3.8) is 0 Å². The molecular formula is C4H11NO5S. The number of nitrogens with one attached hydrogen (secondary N) is 1. The summed E-state index contributed by atoms with van der Waals surface area (Å²) in [6.45, 7) is 1.78. The highest BCUT2D eigenvalue weighted by atomic mass is 32.3. The molecule has 68 valence electrons. The van der Waals surface area contributed by atoms with Crippen molar-refractivity contribution < 1.29 is 22.6 Å². The van der Waals surface area contributed by atoms with Gasteiger partial charge in [-0.15, -0.1) is 0 Å². The van der Waals surface area contributed by atoms with Crippen molar-refractivity contribution in [3.05, 3.63) is 0 Å². The van der Waals surface area contributed by atoms with Gasteiger partial charge < -0.3 is 10.4 Å². The molecule has 11 heavy (non-hydrogen) atoms. The van der Waals surface area contributed by atoms with Gasteiger partial charge in [-0.2, -0.15) is 8.42 Å². The van der Waals surface area contributed by atoms with Gasteiger partial charge in [0.05, 0.1) is 6.10 Å². The first-order valence-corrected chi connectivity index (χ1v) is 4.38. The summed E-state index contributed by atoms with van der Waals surface area (Å²) < 4.78 is 31.6. The second-order valence-corrected chi connectivity index (χ2v) is 2.99. The van der Waals surface area contributed by atoms with Crippen molar-refractivity contribution in [1.29, 1.82) is 0 Å². The van der Waals surface area contributed by atoms with Crippen LogP contribution in [0.4, 0.5) is 0 Å². The first-order chi connectivity index (χ1) is 4.89. The van der Waals surface area contributed by atoms with Gasteiger partial charge in [-0.05, 0) is 13.0 Å². The average molecular weight is 185 g/mol. The molecule has 0 radical (unpaired) electrons. The monoisotopic (exact) mass is 185 g/mol. The van der Waals surface area contributed by atoms with E-state index in [2.05, 4.69) is 5.32 Å². The molecule has 1 rings (SSSR count). The van der Waals surface area contributed by atoms with Crippen LogP contribution in [-0.4, -0.2) is 41.8 Å². The quantitative estimate of drug-likeness (QED) is 0.349. The van der Waals surface area contributed by atoms with Crippen LogP contribution in [0.1, 0.15) is 6.42 Å². The lowest BCUT2D eigenvalue weighted by Gasteiger charge is -1.90. The lowest BCUT2D eigenvalue weighted by molar-refractivity contribution is 0.196. The van der Waals surface area contributed by atoms with Gasteiger partial charge in [0.25, 0.3) is 0 Å². The summed E-state index contributed by atoms with van der Waals surface area (Å²) in [5, 5.41) is 11.7. The number of hydrogen-bond acceptors (Lipinski definition) is 4. The second kappa shape index (κ2) is 4.62. The molecule has 1 unspecified atom stereocenters. The van der Waals surface area contributed by atoms with Crippen molar-refractivity contribution in [2.75, 3.05) is 13.1 Å². The Kier molecular flexibility index (Phi) is 4.54. The van der Waals surface area contributed by atoms with Crippen molar-refractivity contribution >= 4 is 10.4 Å². The van der Waals surface area contributed by atoms with E-state index < -0.39 is 10.4 Å². The molecule has 0 aromatic rings. The molecule has 1 heterocycles. The fraction of sp³-hybridized carbons (Fsp3) is 1.00. The third kappa shape index (κ3) is 12.9. The van der Waals surface area contributed by atoms with Gasteiger partial charge in [0.2, 0.25) is 0 Å². The summed E-state index contributed by atoms with van der Waals surface area (Å²) in [7, 11) is -4.67. The minimum atomic E-state index is -4.67. The van der Waals surface area contributed by atoms with Crippen molar-refractivity contribution in [3.8, 4) is 0 Å². The maximum Gasteiger partial charge on any atom is 0.394 e. The van der Waals surface area contributed by atoms with Crippen LogP contribution in [0.15, 0.2) is 0 Å². The SMILES string of the molecule is O=S(=O)(O)O.OC1CCNC1. The zero-order chi connectivity index (χ0) is 8.91. The summed E-state index contributed by atoms with van der Waals surface area (Å²) in [4.78, 5) is 0. The number of aliphatic hydroxyl groups excluding tert-OH is 1. The standard InChI is InChI=1S/C4H9NO.H2O4S/c6-4-1-2-5-3-4;1-5(2,3)4/h4-6H,1-3H2;(H2,1,2,3,4). The van der Waals surface area contributed by atoms with Crippen LogP contribution >= 0.6 is 0 Å². The molecule has 4 N–H and O–H groups in total. The second-order valence-electron chi connectivity index (χ2n) is 2.09. The maximum absolute atomic E-state index is 8.74. The highest BCUT2D eigenvalue weighted by Crippen LogP contribution is 1.93. The van der Waals surface area contributed by atoms with Crippen LogP contribution < -0.4 is 5.32 Å². The third-order valence-electron chi connectivity index (χ3n) is 1.03. The third-order valence-corrected chi connectivity index (χ3v) is 1.03. The van der Waals surface area contributed by atoms with E-state index in [1.807, 2.05) is 0 Å². The number of hydrogen-bond donors (Lipinski definition) is 4. The Labute approximate surface area is 64.8 Å². The topological polar surface area (TPSA) is 107 Å². The minimum absolute atomic E-state index is 0.0648. The maximum atomic E-state index is 8.74. The largest absolute Gasteiger partial charge is 0.394 e. The number of aliphatic hydroxyl groups is 1. The Balaban J connectivity index is 0.000000187. The van der Waals surface area contributed by atoms with Gasteiger partial charge in [0, 0.05) is 6.54 Å². The average Bonchev–Trinajstić information content (AvgIpc) is 2.12. The van der Waals surface area contributed by atoms with Crippen LogP contribution in [0.2, 0.25) is 0 Å².